The first kappa shape index (κ1) is 10.4. The van der Waals surface area contributed by atoms with Gasteiger partial charge in [0.1, 0.15) is 0 Å². The van der Waals surface area contributed by atoms with Crippen molar-refractivity contribution in [2.45, 2.75) is 12.2 Å². The Balaban J connectivity index is 2.69. The van der Waals surface area contributed by atoms with Crippen molar-refractivity contribution in [3.63, 3.8) is 0 Å². The number of nitro groups is 1. The number of nitrogens with zero attached hydrogens (tertiary/aromatic N) is 1. The third-order valence-electron chi connectivity index (χ3n) is 1.78. The highest BCUT2D eigenvalue weighted by Crippen LogP contribution is 1.98. The minimum absolute atomic E-state index is 0.140. The predicted molar refractivity (Wildman–Crippen MR) is 42.7 cm³/mol. The van der Waals surface area contributed by atoms with Crippen LogP contribution in [0.25, 0.3) is 0 Å². The van der Waals surface area contributed by atoms with Crippen LogP contribution in [0, 0.1) is 10.1 Å². The van der Waals surface area contributed by atoms with Crippen molar-refractivity contribution in [3.05, 3.63) is 10.1 Å². The zero-order valence-corrected chi connectivity index (χ0v) is 7.35. The van der Waals surface area contributed by atoms with Crippen LogP contribution in [0.2, 0.25) is 0 Å². The van der Waals surface area contributed by atoms with Crippen LogP contribution in [0.4, 0.5) is 0 Å². The molecule has 1 rings (SSSR count). The van der Waals surface area contributed by atoms with E-state index in [-0.39, 0.29) is 6.54 Å². The fraction of sp³-hybridized carbons (Fsp3) is 0.667. The van der Waals surface area contributed by atoms with E-state index in [1.807, 2.05) is 0 Å². The van der Waals surface area contributed by atoms with Crippen molar-refractivity contribution in [2.75, 3.05) is 13.7 Å². The van der Waals surface area contributed by atoms with Crippen molar-refractivity contribution in [1.29, 1.82) is 0 Å². The highest BCUT2D eigenvalue weighted by molar-refractivity contribution is 6.02. The Morgan fingerprint density at radius 3 is 2.86 bits per heavy atom. The number of methoxy groups -OCH3 is 1. The van der Waals surface area contributed by atoms with Gasteiger partial charge in [-0.3, -0.25) is 14.9 Å². The van der Waals surface area contributed by atoms with E-state index in [4.69, 9.17) is 0 Å². The molecule has 0 aromatic heterocycles. The van der Waals surface area contributed by atoms with Gasteiger partial charge in [0, 0.05) is 4.92 Å². The molecule has 8 nitrogen and oxygen atoms in total. The lowest BCUT2D eigenvalue weighted by Crippen LogP contribution is -2.63. The number of rotatable bonds is 2. The summed E-state index contributed by atoms with van der Waals surface area (Å²) in [6.45, 7) is -0.140. The number of ether oxygens (including phenoxy) is 1. The number of hydrogen-bond acceptors (Lipinski definition) is 6. The molecule has 2 atom stereocenters. The molecule has 1 fully saturated rings. The SMILES string of the molecule is COC(=O)C1NC([N+](=O)[O-])CNC1=O. The number of carbonyl (C=O) groups is 2. The molecule has 2 unspecified atom stereocenters. The number of piperazine rings is 1. The topological polar surface area (TPSA) is 111 Å². The molecule has 0 spiro atoms. The highest BCUT2D eigenvalue weighted by atomic mass is 16.6. The highest BCUT2D eigenvalue weighted by Gasteiger charge is 2.38. The maximum atomic E-state index is 11.1. The van der Waals surface area contributed by atoms with Gasteiger partial charge in [-0.25, -0.2) is 10.1 Å². The van der Waals surface area contributed by atoms with Crippen molar-refractivity contribution in [1.82, 2.24) is 10.6 Å². The van der Waals surface area contributed by atoms with E-state index in [2.05, 4.69) is 15.4 Å². The Morgan fingerprint density at radius 2 is 2.36 bits per heavy atom. The summed E-state index contributed by atoms with van der Waals surface area (Å²) in [5, 5.41) is 14.9. The zero-order valence-electron chi connectivity index (χ0n) is 7.35. The van der Waals surface area contributed by atoms with Crippen molar-refractivity contribution in [2.24, 2.45) is 0 Å². The van der Waals surface area contributed by atoms with E-state index in [1.165, 1.54) is 0 Å². The normalized spacial score (nSPS) is 26.5. The van der Waals surface area contributed by atoms with Gasteiger partial charge >= 0.3 is 5.97 Å². The van der Waals surface area contributed by atoms with Crippen molar-refractivity contribution in [3.8, 4) is 0 Å². The molecule has 0 aromatic carbocycles. The van der Waals surface area contributed by atoms with Gasteiger partial charge in [0.25, 0.3) is 6.17 Å². The third-order valence-corrected chi connectivity index (χ3v) is 1.78. The molecule has 0 bridgehead atoms. The average molecular weight is 203 g/mol. The molecule has 0 aromatic rings. The van der Waals surface area contributed by atoms with Gasteiger partial charge in [0.15, 0.2) is 6.04 Å². The van der Waals surface area contributed by atoms with E-state index in [0.29, 0.717) is 0 Å². The Morgan fingerprint density at radius 1 is 1.71 bits per heavy atom. The van der Waals surface area contributed by atoms with Gasteiger partial charge < -0.3 is 10.1 Å². The fourth-order valence-corrected chi connectivity index (χ4v) is 1.05. The Labute approximate surface area is 78.7 Å². The lowest BCUT2D eigenvalue weighted by atomic mass is 10.2. The molecule has 1 aliphatic rings. The Kier molecular flexibility index (Phi) is 2.97. The number of esters is 1. The van der Waals surface area contributed by atoms with Gasteiger partial charge in [-0.05, 0) is 0 Å². The van der Waals surface area contributed by atoms with E-state index in [1.54, 1.807) is 0 Å². The van der Waals surface area contributed by atoms with Gasteiger partial charge in [0.05, 0.1) is 13.7 Å². The molecule has 0 aliphatic carbocycles. The second-order valence-corrected chi connectivity index (χ2v) is 2.67. The third kappa shape index (κ3) is 1.96. The number of carbonyl (C=O) groups excluding carboxylic acids is 2. The molecular weight excluding hydrogens is 194 g/mol. The summed E-state index contributed by atoms with van der Waals surface area (Å²) in [5.74, 6) is -1.45. The van der Waals surface area contributed by atoms with Crippen LogP contribution < -0.4 is 10.6 Å². The van der Waals surface area contributed by atoms with E-state index in [0.717, 1.165) is 7.11 Å². The molecule has 2 N–H and O–H groups in total. The maximum Gasteiger partial charge on any atom is 0.332 e. The first-order valence-corrected chi connectivity index (χ1v) is 3.81. The molecule has 1 saturated heterocycles. The van der Waals surface area contributed by atoms with E-state index in [9.17, 15) is 19.7 Å². The monoisotopic (exact) mass is 203 g/mol. The summed E-state index contributed by atoms with van der Waals surface area (Å²) >= 11 is 0. The van der Waals surface area contributed by atoms with Crippen LogP contribution >= 0.6 is 0 Å². The second kappa shape index (κ2) is 4.01. The molecule has 14 heavy (non-hydrogen) atoms. The first-order chi connectivity index (χ1) is 6.56. The lowest BCUT2D eigenvalue weighted by Gasteiger charge is -2.23. The van der Waals surface area contributed by atoms with Crippen molar-refractivity contribution < 1.29 is 19.2 Å². The van der Waals surface area contributed by atoms with Crippen LogP contribution in [0.15, 0.2) is 0 Å². The van der Waals surface area contributed by atoms with Crippen LogP contribution in [-0.4, -0.2) is 42.7 Å². The molecule has 1 amide bonds. The minimum Gasteiger partial charge on any atom is -0.467 e. The fourth-order valence-electron chi connectivity index (χ4n) is 1.05. The van der Waals surface area contributed by atoms with E-state index >= 15 is 0 Å². The van der Waals surface area contributed by atoms with Gasteiger partial charge in [-0.1, -0.05) is 0 Å². The van der Waals surface area contributed by atoms with Crippen molar-refractivity contribution >= 4 is 11.9 Å². The molecule has 0 saturated carbocycles. The molecule has 78 valence electrons. The number of amides is 1. The molecular formula is C6H9N3O5. The minimum atomic E-state index is -1.30. The molecule has 1 heterocycles. The van der Waals surface area contributed by atoms with Gasteiger partial charge in [-0.2, -0.15) is 0 Å². The molecule has 1 aliphatic heterocycles. The average Bonchev–Trinajstić information content (AvgIpc) is 2.17. The summed E-state index contributed by atoms with van der Waals surface area (Å²) < 4.78 is 4.30. The molecule has 0 radical (unpaired) electrons. The van der Waals surface area contributed by atoms with Crippen LogP contribution in [0.1, 0.15) is 0 Å². The summed E-state index contributed by atoms with van der Waals surface area (Å²) in [6, 6.07) is -1.30. The molecule has 8 heteroatoms. The summed E-state index contributed by atoms with van der Waals surface area (Å²) in [5.41, 5.74) is 0. The summed E-state index contributed by atoms with van der Waals surface area (Å²) in [6.07, 6.45) is -1.16. The standard InChI is InChI=1S/C6H9N3O5/c1-14-6(11)4-5(10)7-2-3(8-4)9(12)13/h3-4,8H,2H2,1H3,(H,7,10). The first-order valence-electron chi connectivity index (χ1n) is 3.81. The largest absolute Gasteiger partial charge is 0.467 e. The predicted octanol–water partition coefficient (Wildman–Crippen LogP) is -2.15. The van der Waals surface area contributed by atoms with Crippen LogP contribution in [-0.2, 0) is 14.3 Å². The Bertz CT molecular complexity index is 271. The second-order valence-electron chi connectivity index (χ2n) is 2.67. The Hall–Kier alpha value is -1.70. The number of nitrogens with one attached hydrogen (secondary N) is 2. The van der Waals surface area contributed by atoms with Crippen LogP contribution in [0.5, 0.6) is 0 Å². The quantitative estimate of drug-likeness (QED) is 0.229. The van der Waals surface area contributed by atoms with Gasteiger partial charge in [-0.15, -0.1) is 0 Å². The zero-order chi connectivity index (χ0) is 10.7. The summed E-state index contributed by atoms with van der Waals surface area (Å²) in [4.78, 5) is 31.8. The number of hydrogen-bond donors (Lipinski definition) is 2. The maximum absolute atomic E-state index is 11.1. The van der Waals surface area contributed by atoms with E-state index < -0.39 is 29.0 Å². The smallest absolute Gasteiger partial charge is 0.332 e. The summed E-state index contributed by atoms with van der Waals surface area (Å²) in [7, 11) is 1.10. The lowest BCUT2D eigenvalue weighted by molar-refractivity contribution is -0.528. The van der Waals surface area contributed by atoms with Crippen LogP contribution in [0.3, 0.4) is 0 Å². The van der Waals surface area contributed by atoms with Gasteiger partial charge in [0.2, 0.25) is 5.91 Å².